The molecule has 2 bridgehead atoms. The van der Waals surface area contributed by atoms with Crippen molar-refractivity contribution in [2.75, 3.05) is 14.1 Å². The van der Waals surface area contributed by atoms with Crippen LogP contribution in [0.1, 0.15) is 59.3 Å². The van der Waals surface area contributed by atoms with Crippen LogP contribution in [0.3, 0.4) is 0 Å². The van der Waals surface area contributed by atoms with Gasteiger partial charge in [-0.15, -0.1) is 0 Å². The molecule has 0 aromatic rings. The van der Waals surface area contributed by atoms with Crippen LogP contribution in [-0.2, 0) is 19.1 Å². The molecule has 158 valence electrons. The molecule has 1 saturated heterocycles. The monoisotopic (exact) mass is 399 g/mol. The molecule has 0 N–H and O–H groups in total. The van der Waals surface area contributed by atoms with Crippen LogP contribution in [0.2, 0.25) is 0 Å². The third kappa shape index (κ3) is 2.40. The summed E-state index contributed by atoms with van der Waals surface area (Å²) in [4.78, 5) is 27.0. The van der Waals surface area contributed by atoms with Gasteiger partial charge in [0.1, 0.15) is 11.9 Å². The summed E-state index contributed by atoms with van der Waals surface area (Å²) in [6, 6.07) is 0.275. The van der Waals surface area contributed by atoms with E-state index in [2.05, 4.69) is 45.0 Å². The van der Waals surface area contributed by atoms with Gasteiger partial charge in [0.05, 0.1) is 11.2 Å². The van der Waals surface area contributed by atoms with Crippen molar-refractivity contribution in [3.05, 3.63) is 23.3 Å². The van der Waals surface area contributed by atoms with E-state index in [0.717, 1.165) is 37.7 Å². The molecule has 0 radical (unpaired) electrons. The molecule has 0 amide bonds. The standard InChI is InChI=1S/C24H33NO4/c1-14-18(25(4)5)13-23-10-11-24(29-23)16(12-17(23)21(14)28-15(2)26)8-9-22(3)19(24)6-7-20(22)27/h8,12,14,18-19,21H,6-7,9-11,13H2,1-5H3/t14-,18+,19-,21+,22+,23-,24?/m1/s1. The number of carbonyl (C=O) groups is 2. The van der Waals surface area contributed by atoms with Gasteiger partial charge in [0, 0.05) is 42.2 Å². The third-order valence-electron chi connectivity index (χ3n) is 8.86. The minimum Gasteiger partial charge on any atom is -0.458 e. The maximum absolute atomic E-state index is 12.8. The first-order chi connectivity index (χ1) is 13.6. The molecule has 5 rings (SSSR count). The van der Waals surface area contributed by atoms with E-state index in [9.17, 15) is 9.59 Å². The fraction of sp³-hybridized carbons (Fsp3) is 0.750. The summed E-state index contributed by atoms with van der Waals surface area (Å²) in [5.74, 6) is 0.612. The number of rotatable bonds is 2. The topological polar surface area (TPSA) is 55.8 Å². The Hall–Kier alpha value is -1.46. The first-order valence-electron chi connectivity index (χ1n) is 11.1. The van der Waals surface area contributed by atoms with Crippen molar-refractivity contribution in [1.82, 2.24) is 4.90 Å². The molecule has 1 unspecified atom stereocenters. The molecule has 7 atom stereocenters. The van der Waals surface area contributed by atoms with Gasteiger partial charge in [-0.3, -0.25) is 9.59 Å². The summed E-state index contributed by atoms with van der Waals surface area (Å²) >= 11 is 0. The number of ketones is 1. The van der Waals surface area contributed by atoms with Crippen LogP contribution in [0.5, 0.6) is 0 Å². The average Bonchev–Trinajstić information content (AvgIpc) is 3.13. The number of allylic oxidation sites excluding steroid dienone is 1. The Labute approximate surface area is 173 Å². The van der Waals surface area contributed by atoms with Crippen molar-refractivity contribution >= 4 is 11.8 Å². The van der Waals surface area contributed by atoms with Crippen LogP contribution >= 0.6 is 0 Å². The number of hydrogen-bond donors (Lipinski definition) is 0. The fourth-order valence-corrected chi connectivity index (χ4v) is 7.36. The highest BCUT2D eigenvalue weighted by atomic mass is 16.6. The zero-order valence-electron chi connectivity index (χ0n) is 18.3. The lowest BCUT2D eigenvalue weighted by molar-refractivity contribution is -0.170. The maximum Gasteiger partial charge on any atom is 0.303 e. The summed E-state index contributed by atoms with van der Waals surface area (Å²) in [7, 11) is 4.20. The van der Waals surface area contributed by atoms with Gasteiger partial charge < -0.3 is 14.4 Å². The third-order valence-corrected chi connectivity index (χ3v) is 8.86. The summed E-state index contributed by atoms with van der Waals surface area (Å²) < 4.78 is 13.0. The number of esters is 1. The number of Topliss-reactive ketones (excluding diaryl/α,β-unsaturated/α-hetero) is 1. The van der Waals surface area contributed by atoms with Gasteiger partial charge in [-0.05, 0) is 51.8 Å². The Balaban J connectivity index is 1.64. The number of nitrogens with zero attached hydrogens (tertiary/aromatic N) is 1. The summed E-state index contributed by atoms with van der Waals surface area (Å²) in [5, 5.41) is 0. The molecule has 2 heterocycles. The van der Waals surface area contributed by atoms with E-state index in [-0.39, 0.29) is 46.6 Å². The van der Waals surface area contributed by atoms with Crippen molar-refractivity contribution < 1.29 is 19.1 Å². The quantitative estimate of drug-likeness (QED) is 0.666. The molecule has 3 aliphatic carbocycles. The molecule has 29 heavy (non-hydrogen) atoms. The molecule has 5 heteroatoms. The lowest BCUT2D eigenvalue weighted by atomic mass is 9.60. The maximum atomic E-state index is 12.8. The second-order valence-corrected chi connectivity index (χ2v) is 10.5. The van der Waals surface area contributed by atoms with E-state index in [1.54, 1.807) is 0 Å². The Bertz CT molecular complexity index is 844. The van der Waals surface area contributed by atoms with E-state index in [4.69, 9.17) is 9.47 Å². The van der Waals surface area contributed by atoms with Gasteiger partial charge in [-0.2, -0.15) is 0 Å². The summed E-state index contributed by atoms with van der Waals surface area (Å²) in [6.07, 6.45) is 9.48. The summed E-state index contributed by atoms with van der Waals surface area (Å²) in [6.45, 7) is 5.83. The minimum atomic E-state index is -0.386. The molecular formula is C24H33NO4. The molecule has 2 spiro atoms. The Morgan fingerprint density at radius 3 is 2.76 bits per heavy atom. The van der Waals surface area contributed by atoms with E-state index < -0.39 is 0 Å². The molecule has 0 aromatic heterocycles. The van der Waals surface area contributed by atoms with Gasteiger partial charge in [0.2, 0.25) is 0 Å². The van der Waals surface area contributed by atoms with Crippen LogP contribution in [0, 0.1) is 17.3 Å². The molecule has 2 saturated carbocycles. The normalized spacial score (nSPS) is 47.9. The molecule has 0 aromatic carbocycles. The highest BCUT2D eigenvalue weighted by Gasteiger charge is 2.68. The van der Waals surface area contributed by atoms with Crippen LogP contribution in [0.25, 0.3) is 0 Å². The Morgan fingerprint density at radius 1 is 1.31 bits per heavy atom. The molecule has 5 aliphatic rings. The first-order valence-corrected chi connectivity index (χ1v) is 11.1. The van der Waals surface area contributed by atoms with Crippen molar-refractivity contribution in [2.24, 2.45) is 17.3 Å². The molecule has 2 aliphatic heterocycles. The predicted molar refractivity (Wildman–Crippen MR) is 109 cm³/mol. The van der Waals surface area contributed by atoms with Crippen molar-refractivity contribution in [3.8, 4) is 0 Å². The zero-order chi connectivity index (χ0) is 20.8. The Morgan fingerprint density at radius 2 is 2.07 bits per heavy atom. The minimum absolute atomic E-state index is 0.199. The van der Waals surface area contributed by atoms with Crippen molar-refractivity contribution in [3.63, 3.8) is 0 Å². The second-order valence-electron chi connectivity index (χ2n) is 10.5. The number of ether oxygens (including phenoxy) is 2. The number of carbonyl (C=O) groups excluding carboxylic acids is 2. The van der Waals surface area contributed by atoms with E-state index in [1.807, 2.05) is 0 Å². The van der Waals surface area contributed by atoms with Crippen LogP contribution in [-0.4, -0.2) is 54.1 Å². The number of hydrogen-bond acceptors (Lipinski definition) is 5. The van der Waals surface area contributed by atoms with Crippen LogP contribution in [0.4, 0.5) is 0 Å². The van der Waals surface area contributed by atoms with Crippen molar-refractivity contribution in [2.45, 2.75) is 82.6 Å². The predicted octanol–water partition coefficient (Wildman–Crippen LogP) is 3.43. The smallest absolute Gasteiger partial charge is 0.303 e. The largest absolute Gasteiger partial charge is 0.458 e. The number of fused-ring (bicyclic) bond motifs is 1. The highest BCUT2D eigenvalue weighted by molar-refractivity contribution is 5.88. The van der Waals surface area contributed by atoms with Gasteiger partial charge in [0.15, 0.2) is 0 Å². The molecule has 5 nitrogen and oxygen atoms in total. The molecular weight excluding hydrogens is 366 g/mol. The molecule has 3 fully saturated rings. The fourth-order valence-electron chi connectivity index (χ4n) is 7.36. The van der Waals surface area contributed by atoms with Crippen LogP contribution in [0.15, 0.2) is 23.3 Å². The first kappa shape index (κ1) is 19.5. The van der Waals surface area contributed by atoms with Crippen molar-refractivity contribution in [1.29, 1.82) is 0 Å². The SMILES string of the molecule is CC(=O)O[C@@H]1C2=CC3=CC[C@]4(C)C(=O)CC[C@H]4C34CC[C@]2(C[C@H](N(C)C)[C@H]1C)O4. The van der Waals surface area contributed by atoms with Gasteiger partial charge in [-0.25, -0.2) is 0 Å². The highest BCUT2D eigenvalue weighted by Crippen LogP contribution is 2.66. The average molecular weight is 400 g/mol. The lowest BCUT2D eigenvalue weighted by Crippen LogP contribution is -2.60. The Kier molecular flexibility index (Phi) is 4.06. The van der Waals surface area contributed by atoms with E-state index >= 15 is 0 Å². The lowest BCUT2D eigenvalue weighted by Gasteiger charge is -2.55. The van der Waals surface area contributed by atoms with Gasteiger partial charge >= 0.3 is 5.97 Å². The van der Waals surface area contributed by atoms with E-state index in [1.165, 1.54) is 12.5 Å². The second kappa shape index (κ2) is 6.04. The van der Waals surface area contributed by atoms with Gasteiger partial charge in [-0.1, -0.05) is 26.0 Å². The van der Waals surface area contributed by atoms with Gasteiger partial charge in [0.25, 0.3) is 0 Å². The van der Waals surface area contributed by atoms with E-state index in [0.29, 0.717) is 12.2 Å². The zero-order valence-corrected chi connectivity index (χ0v) is 18.3. The van der Waals surface area contributed by atoms with Crippen LogP contribution < -0.4 is 0 Å². The summed E-state index contributed by atoms with van der Waals surface area (Å²) in [5.41, 5.74) is 1.35.